The summed E-state index contributed by atoms with van der Waals surface area (Å²) < 4.78 is 7.19. The third-order valence-corrected chi connectivity index (χ3v) is 1.12. The summed E-state index contributed by atoms with van der Waals surface area (Å²) in [5.41, 5.74) is 1.01. The van der Waals surface area contributed by atoms with E-state index in [1.807, 2.05) is 25.1 Å². The topological polar surface area (TPSA) is 16.1 Å². The van der Waals surface area contributed by atoms with E-state index >= 15 is 0 Å². The number of aromatic nitrogens is 1. The molecule has 0 unspecified atom stereocenters. The molecule has 0 aliphatic carbocycles. The molecular weight excluding hydrogens is 112 g/mol. The van der Waals surface area contributed by atoms with Crippen molar-refractivity contribution in [3.63, 3.8) is 0 Å². The largest absolute Gasteiger partial charge is 0.378 e. The first kappa shape index (κ1) is 4.79. The van der Waals surface area contributed by atoms with E-state index < -0.39 is 0 Å². The van der Waals surface area contributed by atoms with E-state index in [9.17, 15) is 0 Å². The normalized spacial score (nSPS) is 10.7. The average Bonchev–Trinajstić information content (AvgIpc) is 1.88. The van der Waals surface area contributed by atoms with Gasteiger partial charge >= 0.3 is 0 Å². The lowest BCUT2D eigenvalue weighted by Gasteiger charge is -2.10. The molecule has 48 valence electrons. The van der Waals surface area contributed by atoms with E-state index in [0.29, 0.717) is 6.17 Å². The third kappa shape index (κ3) is 1.42. The summed E-state index contributed by atoms with van der Waals surface area (Å²) in [6, 6.07) is 3.60. The molecule has 1 rings (SSSR count). The fourth-order valence-electron chi connectivity index (χ4n) is 0.586. The van der Waals surface area contributed by atoms with Crippen LogP contribution in [0.25, 0.3) is 0 Å². The van der Waals surface area contributed by atoms with E-state index in [1.54, 1.807) is 12.3 Å². The Bertz CT molecular complexity index is 223. The lowest BCUT2D eigenvalue weighted by Crippen LogP contribution is -2.07. The molecular formula is C7H10N2. The highest BCUT2D eigenvalue weighted by atomic mass is 15.1. The average molecular weight is 123 g/mol. The Morgan fingerprint density at radius 3 is 2.78 bits per heavy atom. The highest BCUT2D eigenvalue weighted by Crippen LogP contribution is 2.05. The third-order valence-electron chi connectivity index (χ3n) is 1.12. The lowest BCUT2D eigenvalue weighted by molar-refractivity contribution is 1.12. The van der Waals surface area contributed by atoms with Gasteiger partial charge in [-0.2, -0.15) is 0 Å². The first-order chi connectivity index (χ1) is 4.70. The van der Waals surface area contributed by atoms with Gasteiger partial charge in [-0.3, -0.25) is 4.98 Å². The van der Waals surface area contributed by atoms with Crippen LogP contribution >= 0.6 is 0 Å². The maximum absolute atomic E-state index is 7.19. The Labute approximate surface area is 56.5 Å². The van der Waals surface area contributed by atoms with Crippen molar-refractivity contribution in [3.05, 3.63) is 24.5 Å². The van der Waals surface area contributed by atoms with E-state index in [0.717, 1.165) is 5.69 Å². The molecule has 0 saturated carbocycles. The van der Waals surface area contributed by atoms with Crippen molar-refractivity contribution in [1.29, 1.82) is 0 Å². The molecule has 0 atom stereocenters. The van der Waals surface area contributed by atoms with Crippen LogP contribution < -0.4 is 4.90 Å². The predicted octanol–water partition coefficient (Wildman–Crippen LogP) is 1.15. The number of hydrogen-bond acceptors (Lipinski definition) is 2. The van der Waals surface area contributed by atoms with Gasteiger partial charge in [-0.05, 0) is 12.1 Å². The van der Waals surface area contributed by atoms with Crippen LogP contribution in [-0.4, -0.2) is 19.1 Å². The molecule has 1 heterocycles. The van der Waals surface area contributed by atoms with Crippen LogP contribution in [0.2, 0.25) is 0 Å². The van der Waals surface area contributed by atoms with Crippen molar-refractivity contribution < 1.29 is 1.37 Å². The zero-order chi connectivity index (χ0) is 7.56. The van der Waals surface area contributed by atoms with Crippen molar-refractivity contribution >= 4 is 5.69 Å². The summed E-state index contributed by atoms with van der Waals surface area (Å²) in [7, 11) is 3.88. The van der Waals surface area contributed by atoms with Crippen molar-refractivity contribution in [3.8, 4) is 0 Å². The number of anilines is 1. The predicted molar refractivity (Wildman–Crippen MR) is 38.6 cm³/mol. The van der Waals surface area contributed by atoms with Gasteiger partial charge in [-0.1, -0.05) is 0 Å². The van der Waals surface area contributed by atoms with Crippen LogP contribution in [0.5, 0.6) is 0 Å². The maximum Gasteiger partial charge on any atom is 0.0841 e. The maximum atomic E-state index is 7.19. The van der Waals surface area contributed by atoms with Crippen LogP contribution in [0, 0.1) is 0 Å². The number of nitrogens with zero attached hydrogens (tertiary/aromatic N) is 2. The number of hydrogen-bond donors (Lipinski definition) is 0. The molecule has 0 N–H and O–H groups in total. The van der Waals surface area contributed by atoms with Crippen molar-refractivity contribution in [2.45, 2.75) is 0 Å². The summed E-state index contributed by atoms with van der Waals surface area (Å²) in [5.74, 6) is 0. The molecule has 0 spiro atoms. The molecule has 1 aromatic heterocycles. The molecule has 2 nitrogen and oxygen atoms in total. The van der Waals surface area contributed by atoms with Crippen LogP contribution in [0.15, 0.2) is 24.5 Å². The Balaban J connectivity index is 2.96. The van der Waals surface area contributed by atoms with Crippen molar-refractivity contribution in [2.75, 3.05) is 19.0 Å². The fraction of sp³-hybridized carbons (Fsp3) is 0.286. The van der Waals surface area contributed by atoms with Gasteiger partial charge in [-0.25, -0.2) is 0 Å². The molecule has 1 aromatic rings. The Hall–Kier alpha value is -1.05. The second-order valence-electron chi connectivity index (χ2n) is 2.04. The fourth-order valence-corrected chi connectivity index (χ4v) is 0.586. The molecule has 0 amide bonds. The number of pyridine rings is 1. The minimum absolute atomic E-state index is 0.311. The SMILES string of the molecule is [2H]c1cc(N(C)C)ccn1. The molecule has 0 aliphatic heterocycles. The van der Waals surface area contributed by atoms with Crippen LogP contribution in [0.3, 0.4) is 0 Å². The second-order valence-corrected chi connectivity index (χ2v) is 2.04. The van der Waals surface area contributed by atoms with Gasteiger partial charge in [0, 0.05) is 32.2 Å². The highest BCUT2D eigenvalue weighted by molar-refractivity contribution is 5.42. The summed E-state index contributed by atoms with van der Waals surface area (Å²) in [5, 5.41) is 0. The van der Waals surface area contributed by atoms with Crippen LogP contribution in [0.4, 0.5) is 5.69 Å². The summed E-state index contributed by atoms with van der Waals surface area (Å²) in [4.78, 5) is 5.71. The van der Waals surface area contributed by atoms with Gasteiger partial charge < -0.3 is 4.90 Å². The van der Waals surface area contributed by atoms with E-state index in [1.165, 1.54) is 0 Å². The molecule has 0 aliphatic rings. The molecule has 0 aromatic carbocycles. The molecule has 0 bridgehead atoms. The van der Waals surface area contributed by atoms with Gasteiger partial charge in [-0.15, -0.1) is 0 Å². The van der Waals surface area contributed by atoms with Crippen LogP contribution in [-0.2, 0) is 0 Å². The minimum Gasteiger partial charge on any atom is -0.378 e. The molecule has 2 heteroatoms. The summed E-state index contributed by atoms with van der Waals surface area (Å²) in [6.45, 7) is 0. The van der Waals surface area contributed by atoms with Gasteiger partial charge in [0.15, 0.2) is 0 Å². The Morgan fingerprint density at radius 1 is 1.56 bits per heavy atom. The first-order valence-electron chi connectivity index (χ1n) is 3.30. The zero-order valence-corrected chi connectivity index (χ0v) is 5.63. The Kier molecular flexibility index (Phi) is 1.32. The lowest BCUT2D eigenvalue weighted by atomic mass is 10.4. The molecule has 0 saturated heterocycles. The summed E-state index contributed by atoms with van der Waals surface area (Å²) in [6.07, 6.45) is 1.95. The Morgan fingerprint density at radius 2 is 2.33 bits per heavy atom. The first-order valence-corrected chi connectivity index (χ1v) is 2.80. The van der Waals surface area contributed by atoms with E-state index in [4.69, 9.17) is 1.37 Å². The number of rotatable bonds is 1. The second kappa shape index (κ2) is 2.49. The van der Waals surface area contributed by atoms with Gasteiger partial charge in [0.1, 0.15) is 0 Å². The highest BCUT2D eigenvalue weighted by Gasteiger charge is 1.88. The quantitative estimate of drug-likeness (QED) is 0.557. The standard InChI is InChI=1S/C7H10N2/c1-9(2)7-3-5-8-6-4-7/h3-6H,1-2H3/i5D. The van der Waals surface area contributed by atoms with E-state index in [-0.39, 0.29) is 0 Å². The molecule has 0 fully saturated rings. The molecule has 9 heavy (non-hydrogen) atoms. The van der Waals surface area contributed by atoms with Crippen molar-refractivity contribution in [1.82, 2.24) is 4.98 Å². The van der Waals surface area contributed by atoms with Gasteiger partial charge in [0.25, 0.3) is 0 Å². The van der Waals surface area contributed by atoms with Crippen LogP contribution in [0.1, 0.15) is 1.37 Å². The minimum atomic E-state index is 0.311. The zero-order valence-electron chi connectivity index (χ0n) is 6.63. The van der Waals surface area contributed by atoms with Gasteiger partial charge in [0.05, 0.1) is 1.37 Å². The monoisotopic (exact) mass is 123 g/mol. The smallest absolute Gasteiger partial charge is 0.0841 e. The van der Waals surface area contributed by atoms with Gasteiger partial charge in [0.2, 0.25) is 0 Å². The molecule has 0 radical (unpaired) electrons. The van der Waals surface area contributed by atoms with E-state index in [2.05, 4.69) is 4.98 Å². The summed E-state index contributed by atoms with van der Waals surface area (Å²) >= 11 is 0. The van der Waals surface area contributed by atoms with Crippen molar-refractivity contribution in [2.24, 2.45) is 0 Å².